The summed E-state index contributed by atoms with van der Waals surface area (Å²) in [6.45, 7) is 4.19. The van der Waals surface area contributed by atoms with Gasteiger partial charge in [0.2, 0.25) is 4.80 Å². The molecule has 0 aliphatic rings. The standard InChI is InChI=1S/C19H17N3O3S/c1-3-10-20-19-22(16(13-26-19)17-5-4-11-25-17)21-12-14-6-8-15(9-7-14)18(23)24-2/h3-9,11-13H,1,10H2,2H3/b20-19?,21-12-. The Kier molecular flexibility index (Phi) is 5.60. The summed E-state index contributed by atoms with van der Waals surface area (Å²) < 4.78 is 11.9. The summed E-state index contributed by atoms with van der Waals surface area (Å²) in [5, 5.41) is 6.48. The number of nitrogens with zero attached hydrogens (tertiary/aromatic N) is 3. The Bertz CT molecular complexity index is 980. The second kappa shape index (κ2) is 8.26. The van der Waals surface area contributed by atoms with Crippen molar-refractivity contribution in [3.63, 3.8) is 0 Å². The zero-order chi connectivity index (χ0) is 18.4. The minimum atomic E-state index is -0.369. The third-order valence-corrected chi connectivity index (χ3v) is 4.32. The second-order valence-electron chi connectivity index (χ2n) is 5.18. The summed E-state index contributed by atoms with van der Waals surface area (Å²) in [4.78, 5) is 16.7. The Labute approximate surface area is 154 Å². The number of methoxy groups -OCH3 is 1. The molecular weight excluding hydrogens is 350 g/mol. The van der Waals surface area contributed by atoms with E-state index in [1.807, 2.05) is 17.5 Å². The highest BCUT2D eigenvalue weighted by Crippen LogP contribution is 2.20. The number of carbonyl (C=O) groups is 1. The van der Waals surface area contributed by atoms with Gasteiger partial charge in [0.1, 0.15) is 5.69 Å². The molecule has 0 fully saturated rings. The molecule has 7 heteroatoms. The molecule has 0 aliphatic carbocycles. The van der Waals surface area contributed by atoms with E-state index in [0.717, 1.165) is 16.1 Å². The van der Waals surface area contributed by atoms with Gasteiger partial charge in [-0.2, -0.15) is 5.10 Å². The average molecular weight is 367 g/mol. The van der Waals surface area contributed by atoms with Gasteiger partial charge in [-0.1, -0.05) is 18.2 Å². The monoisotopic (exact) mass is 367 g/mol. The van der Waals surface area contributed by atoms with Crippen LogP contribution in [-0.4, -0.2) is 30.5 Å². The van der Waals surface area contributed by atoms with Crippen molar-refractivity contribution in [3.8, 4) is 11.5 Å². The van der Waals surface area contributed by atoms with Crippen molar-refractivity contribution in [2.75, 3.05) is 13.7 Å². The van der Waals surface area contributed by atoms with Gasteiger partial charge in [0.05, 0.1) is 31.7 Å². The fraction of sp³-hybridized carbons (Fsp3) is 0.105. The number of aromatic nitrogens is 1. The maximum atomic E-state index is 11.5. The summed E-state index contributed by atoms with van der Waals surface area (Å²) in [6.07, 6.45) is 5.05. The number of rotatable bonds is 6. The fourth-order valence-electron chi connectivity index (χ4n) is 2.20. The maximum absolute atomic E-state index is 11.5. The second-order valence-corrected chi connectivity index (χ2v) is 6.02. The lowest BCUT2D eigenvalue weighted by molar-refractivity contribution is 0.0600. The Morgan fingerprint density at radius 2 is 2.15 bits per heavy atom. The van der Waals surface area contributed by atoms with Crippen LogP contribution in [0.1, 0.15) is 15.9 Å². The number of esters is 1. The molecule has 0 saturated carbocycles. The van der Waals surface area contributed by atoms with Crippen LogP contribution in [0.4, 0.5) is 0 Å². The molecule has 26 heavy (non-hydrogen) atoms. The third kappa shape index (κ3) is 3.89. The Hall–Kier alpha value is -3.19. The molecule has 0 aliphatic heterocycles. The van der Waals surface area contributed by atoms with Crippen LogP contribution in [0.5, 0.6) is 0 Å². The van der Waals surface area contributed by atoms with Crippen LogP contribution >= 0.6 is 11.3 Å². The lowest BCUT2D eigenvalue weighted by Crippen LogP contribution is -2.12. The van der Waals surface area contributed by atoms with Gasteiger partial charge >= 0.3 is 5.97 Å². The molecular formula is C19H17N3O3S. The van der Waals surface area contributed by atoms with Crippen LogP contribution in [-0.2, 0) is 4.74 Å². The zero-order valence-electron chi connectivity index (χ0n) is 14.2. The van der Waals surface area contributed by atoms with Crippen molar-refractivity contribution in [1.29, 1.82) is 0 Å². The van der Waals surface area contributed by atoms with Gasteiger partial charge in [-0.25, -0.2) is 9.47 Å². The predicted octanol–water partition coefficient (Wildman–Crippen LogP) is 3.57. The normalized spacial score (nSPS) is 11.8. The van der Waals surface area contributed by atoms with Crippen molar-refractivity contribution in [3.05, 3.63) is 76.6 Å². The van der Waals surface area contributed by atoms with Crippen LogP contribution in [0.3, 0.4) is 0 Å². The molecule has 3 rings (SSSR count). The highest BCUT2D eigenvalue weighted by atomic mass is 32.1. The van der Waals surface area contributed by atoms with Crippen molar-refractivity contribution in [2.24, 2.45) is 10.1 Å². The summed E-state index contributed by atoms with van der Waals surface area (Å²) in [5.41, 5.74) is 2.15. The Balaban J connectivity index is 1.95. The number of thiazole rings is 1. The molecule has 132 valence electrons. The first-order valence-electron chi connectivity index (χ1n) is 7.81. The summed E-state index contributed by atoms with van der Waals surface area (Å²) in [5.74, 6) is 0.339. The lowest BCUT2D eigenvalue weighted by Gasteiger charge is -2.01. The minimum Gasteiger partial charge on any atom is -0.465 e. The highest BCUT2D eigenvalue weighted by Gasteiger charge is 2.09. The van der Waals surface area contributed by atoms with Gasteiger partial charge in [0.25, 0.3) is 0 Å². The van der Waals surface area contributed by atoms with Crippen LogP contribution in [0.25, 0.3) is 11.5 Å². The smallest absolute Gasteiger partial charge is 0.337 e. The lowest BCUT2D eigenvalue weighted by atomic mass is 10.1. The van der Waals surface area contributed by atoms with Gasteiger partial charge in [-0.05, 0) is 29.8 Å². The summed E-state index contributed by atoms with van der Waals surface area (Å²) in [7, 11) is 1.36. The predicted molar refractivity (Wildman–Crippen MR) is 101 cm³/mol. The summed E-state index contributed by atoms with van der Waals surface area (Å²) >= 11 is 1.47. The number of hydrogen-bond acceptors (Lipinski definition) is 6. The first-order chi connectivity index (χ1) is 12.7. The van der Waals surface area contributed by atoms with Crippen molar-refractivity contribution in [1.82, 2.24) is 4.68 Å². The summed E-state index contributed by atoms with van der Waals surface area (Å²) in [6, 6.07) is 10.7. The molecule has 0 bridgehead atoms. The molecule has 0 radical (unpaired) electrons. The van der Waals surface area contributed by atoms with E-state index < -0.39 is 0 Å². The van der Waals surface area contributed by atoms with Crippen LogP contribution in [0, 0.1) is 0 Å². The topological polar surface area (TPSA) is 69.1 Å². The molecule has 2 heterocycles. The van der Waals surface area contributed by atoms with E-state index in [-0.39, 0.29) is 5.97 Å². The molecule has 0 N–H and O–H groups in total. The first kappa shape index (κ1) is 17.6. The SMILES string of the molecule is C=CCN=c1scc(-c2ccco2)n1/N=C\c1ccc(C(=O)OC)cc1. The Morgan fingerprint density at radius 3 is 2.81 bits per heavy atom. The van der Waals surface area contributed by atoms with Crippen molar-refractivity contribution < 1.29 is 13.9 Å². The highest BCUT2D eigenvalue weighted by molar-refractivity contribution is 7.07. The molecule has 0 atom stereocenters. The van der Waals surface area contributed by atoms with Gasteiger partial charge in [0.15, 0.2) is 5.76 Å². The molecule has 0 unspecified atom stereocenters. The minimum absolute atomic E-state index is 0.369. The molecule has 3 aromatic rings. The van der Waals surface area contributed by atoms with E-state index in [1.165, 1.54) is 18.4 Å². The third-order valence-electron chi connectivity index (χ3n) is 3.47. The number of furan rings is 1. The van der Waals surface area contributed by atoms with Crippen molar-refractivity contribution in [2.45, 2.75) is 0 Å². The number of benzene rings is 1. The first-order valence-corrected chi connectivity index (χ1v) is 8.69. The number of hydrogen-bond donors (Lipinski definition) is 0. The fourth-order valence-corrected chi connectivity index (χ4v) is 3.03. The van der Waals surface area contributed by atoms with E-state index >= 15 is 0 Å². The quantitative estimate of drug-likeness (QED) is 0.380. The molecule has 0 saturated heterocycles. The van der Waals surface area contributed by atoms with Crippen molar-refractivity contribution >= 4 is 23.5 Å². The molecule has 2 aromatic heterocycles. The van der Waals surface area contributed by atoms with E-state index in [0.29, 0.717) is 17.9 Å². The molecule has 0 spiro atoms. The molecule has 0 amide bonds. The van der Waals surface area contributed by atoms with Crippen LogP contribution < -0.4 is 4.80 Å². The van der Waals surface area contributed by atoms with E-state index in [2.05, 4.69) is 16.7 Å². The maximum Gasteiger partial charge on any atom is 0.337 e. The van der Waals surface area contributed by atoms with E-state index in [1.54, 1.807) is 47.5 Å². The van der Waals surface area contributed by atoms with Gasteiger partial charge in [-0.3, -0.25) is 4.99 Å². The molecule has 6 nitrogen and oxygen atoms in total. The average Bonchev–Trinajstić information content (AvgIpc) is 3.34. The van der Waals surface area contributed by atoms with Crippen LogP contribution in [0.15, 0.2) is 75.2 Å². The van der Waals surface area contributed by atoms with E-state index in [4.69, 9.17) is 9.15 Å². The van der Waals surface area contributed by atoms with Crippen LogP contribution in [0.2, 0.25) is 0 Å². The number of ether oxygens (including phenoxy) is 1. The Morgan fingerprint density at radius 1 is 1.35 bits per heavy atom. The van der Waals surface area contributed by atoms with Gasteiger partial charge < -0.3 is 9.15 Å². The van der Waals surface area contributed by atoms with Gasteiger partial charge in [-0.15, -0.1) is 17.9 Å². The zero-order valence-corrected chi connectivity index (χ0v) is 15.0. The molecule has 1 aromatic carbocycles. The largest absolute Gasteiger partial charge is 0.465 e. The van der Waals surface area contributed by atoms with E-state index in [9.17, 15) is 4.79 Å². The van der Waals surface area contributed by atoms with Gasteiger partial charge in [0, 0.05) is 5.38 Å². The number of carbonyl (C=O) groups excluding carboxylic acids is 1.